The first-order valence-corrected chi connectivity index (χ1v) is 9.70. The number of piperazine rings is 1. The molecular weight excluding hydrogens is 389 g/mol. The highest BCUT2D eigenvalue weighted by Crippen LogP contribution is 2.23. The highest BCUT2D eigenvalue weighted by Gasteiger charge is 2.23. The third kappa shape index (κ3) is 3.47. The summed E-state index contributed by atoms with van der Waals surface area (Å²) in [6.07, 6.45) is 1.58. The first-order valence-electron chi connectivity index (χ1n) is 9.70. The zero-order chi connectivity index (χ0) is 21.4. The second-order valence-corrected chi connectivity index (χ2v) is 7.38. The molecule has 30 heavy (non-hydrogen) atoms. The zero-order valence-corrected chi connectivity index (χ0v) is 16.8. The van der Waals surface area contributed by atoms with E-state index in [4.69, 9.17) is 0 Å². The van der Waals surface area contributed by atoms with Gasteiger partial charge in [-0.3, -0.25) is 18.7 Å². The average Bonchev–Trinajstić information content (AvgIpc) is 2.76. The molecule has 4 rings (SSSR count). The van der Waals surface area contributed by atoms with Gasteiger partial charge in [0, 0.05) is 46.3 Å². The van der Waals surface area contributed by atoms with Crippen molar-refractivity contribution in [3.63, 3.8) is 0 Å². The van der Waals surface area contributed by atoms with Crippen LogP contribution in [0.3, 0.4) is 0 Å². The molecule has 0 atom stereocenters. The third-order valence-electron chi connectivity index (χ3n) is 5.52. The first kappa shape index (κ1) is 19.8. The van der Waals surface area contributed by atoms with Crippen LogP contribution >= 0.6 is 0 Å². The van der Waals surface area contributed by atoms with Gasteiger partial charge in [0.05, 0.1) is 12.2 Å². The number of rotatable bonds is 3. The van der Waals surface area contributed by atoms with Crippen molar-refractivity contribution in [1.82, 2.24) is 19.0 Å². The number of pyridine rings is 1. The average molecular weight is 411 g/mol. The molecule has 0 unspecified atom stereocenters. The van der Waals surface area contributed by atoms with Crippen LogP contribution in [-0.4, -0.2) is 51.1 Å². The molecule has 1 aliphatic rings. The van der Waals surface area contributed by atoms with Gasteiger partial charge in [-0.1, -0.05) is 12.1 Å². The Bertz CT molecular complexity index is 1220. The van der Waals surface area contributed by atoms with E-state index in [2.05, 4.69) is 4.98 Å². The van der Waals surface area contributed by atoms with Gasteiger partial charge in [-0.05, 0) is 23.8 Å². The number of amides is 1. The van der Waals surface area contributed by atoms with Gasteiger partial charge in [0.1, 0.15) is 11.2 Å². The van der Waals surface area contributed by atoms with Crippen LogP contribution < -0.4 is 16.1 Å². The van der Waals surface area contributed by atoms with Crippen LogP contribution in [0.4, 0.5) is 10.1 Å². The van der Waals surface area contributed by atoms with Gasteiger partial charge < -0.3 is 9.80 Å². The summed E-state index contributed by atoms with van der Waals surface area (Å²) in [5.41, 5.74) is 0.733. The fourth-order valence-corrected chi connectivity index (χ4v) is 3.83. The Kier molecular flexibility index (Phi) is 5.11. The molecule has 1 fully saturated rings. The number of benzene rings is 1. The number of aryl methyl sites for hydroxylation is 1. The van der Waals surface area contributed by atoms with Crippen molar-refractivity contribution in [3.05, 3.63) is 68.7 Å². The summed E-state index contributed by atoms with van der Waals surface area (Å²) >= 11 is 0. The van der Waals surface area contributed by atoms with Crippen LogP contribution in [0.1, 0.15) is 12.5 Å². The van der Waals surface area contributed by atoms with Gasteiger partial charge in [0.25, 0.3) is 5.56 Å². The number of nitrogens with zero attached hydrogens (tertiary/aromatic N) is 5. The Morgan fingerprint density at radius 2 is 1.73 bits per heavy atom. The summed E-state index contributed by atoms with van der Waals surface area (Å²) < 4.78 is 15.7. The van der Waals surface area contributed by atoms with Gasteiger partial charge in [-0.2, -0.15) is 0 Å². The van der Waals surface area contributed by atoms with Crippen LogP contribution in [0.25, 0.3) is 11.0 Å². The Hall–Kier alpha value is -3.49. The maximum absolute atomic E-state index is 13.4. The molecule has 0 spiro atoms. The largest absolute Gasteiger partial charge is 0.367 e. The minimum atomic E-state index is -0.483. The molecule has 0 saturated carbocycles. The quantitative estimate of drug-likeness (QED) is 0.641. The number of carbonyl (C=O) groups excluding carboxylic acids is 1. The summed E-state index contributed by atoms with van der Waals surface area (Å²) in [5, 5.41) is 0.359. The maximum atomic E-state index is 13.4. The van der Waals surface area contributed by atoms with Crippen molar-refractivity contribution in [2.75, 3.05) is 31.1 Å². The number of hydrogen-bond acceptors (Lipinski definition) is 5. The maximum Gasteiger partial charge on any atom is 0.332 e. The van der Waals surface area contributed by atoms with Gasteiger partial charge in [0.2, 0.25) is 5.91 Å². The van der Waals surface area contributed by atoms with E-state index in [1.165, 1.54) is 16.7 Å². The Labute approximate surface area is 171 Å². The lowest BCUT2D eigenvalue weighted by Crippen LogP contribution is -2.48. The second-order valence-electron chi connectivity index (χ2n) is 7.38. The minimum absolute atomic E-state index is 0.0262. The topological polar surface area (TPSA) is 80.4 Å². The van der Waals surface area contributed by atoms with Crippen molar-refractivity contribution in [3.8, 4) is 0 Å². The van der Waals surface area contributed by atoms with Crippen molar-refractivity contribution in [2.45, 2.75) is 13.5 Å². The molecule has 0 radical (unpaired) electrons. The Morgan fingerprint density at radius 1 is 1.07 bits per heavy atom. The summed E-state index contributed by atoms with van der Waals surface area (Å²) in [7, 11) is 1.58. The summed E-state index contributed by atoms with van der Waals surface area (Å²) in [6.45, 7) is 3.87. The molecule has 1 aromatic carbocycles. The van der Waals surface area contributed by atoms with Gasteiger partial charge in [0.15, 0.2) is 5.65 Å². The molecule has 2 aromatic heterocycles. The SMILES string of the molecule is CC(=O)N1CCN(c2ccnc3c2c(=O)n(Cc2ccc(F)cc2)c(=O)n3C)CC1. The van der Waals surface area contributed by atoms with E-state index in [0.29, 0.717) is 48.5 Å². The molecule has 1 saturated heterocycles. The molecule has 8 nitrogen and oxygen atoms in total. The number of halogens is 1. The molecule has 1 aliphatic heterocycles. The lowest BCUT2D eigenvalue weighted by Gasteiger charge is -2.36. The summed E-state index contributed by atoms with van der Waals surface area (Å²) in [4.78, 5) is 45.9. The minimum Gasteiger partial charge on any atom is -0.367 e. The monoisotopic (exact) mass is 411 g/mol. The molecule has 3 aromatic rings. The fraction of sp³-hybridized carbons (Fsp3) is 0.333. The highest BCUT2D eigenvalue weighted by molar-refractivity contribution is 5.89. The lowest BCUT2D eigenvalue weighted by molar-refractivity contribution is -0.129. The number of carbonyl (C=O) groups is 1. The standard InChI is InChI=1S/C21H22FN5O3/c1-14(28)25-9-11-26(12-10-25)17-7-8-23-19-18(17)20(29)27(21(30)24(19)2)13-15-3-5-16(22)6-4-15/h3-8H,9-13H2,1-2H3. The van der Waals surface area contributed by atoms with E-state index < -0.39 is 11.2 Å². The van der Waals surface area contributed by atoms with Crippen LogP contribution in [0.2, 0.25) is 0 Å². The summed E-state index contributed by atoms with van der Waals surface area (Å²) in [6, 6.07) is 7.47. The van der Waals surface area contributed by atoms with E-state index in [-0.39, 0.29) is 18.3 Å². The number of fused-ring (bicyclic) bond motifs is 1. The molecule has 0 bridgehead atoms. The van der Waals surface area contributed by atoms with Crippen LogP contribution in [0.5, 0.6) is 0 Å². The van der Waals surface area contributed by atoms with Crippen molar-refractivity contribution in [2.24, 2.45) is 7.05 Å². The molecule has 3 heterocycles. The predicted molar refractivity (Wildman–Crippen MR) is 111 cm³/mol. The first-order chi connectivity index (χ1) is 14.4. The van der Waals surface area contributed by atoms with Crippen LogP contribution in [0.15, 0.2) is 46.1 Å². The molecule has 0 aliphatic carbocycles. The van der Waals surface area contributed by atoms with Gasteiger partial charge in [-0.25, -0.2) is 14.2 Å². The molecule has 0 N–H and O–H groups in total. The molecular formula is C21H22FN5O3. The highest BCUT2D eigenvalue weighted by atomic mass is 19.1. The smallest absolute Gasteiger partial charge is 0.332 e. The second kappa shape index (κ2) is 7.74. The van der Waals surface area contributed by atoms with E-state index in [1.54, 1.807) is 43.3 Å². The third-order valence-corrected chi connectivity index (χ3v) is 5.52. The molecule has 9 heteroatoms. The molecule has 156 valence electrons. The fourth-order valence-electron chi connectivity index (χ4n) is 3.83. The number of anilines is 1. The predicted octanol–water partition coefficient (Wildman–Crippen LogP) is 0.951. The van der Waals surface area contributed by atoms with Crippen molar-refractivity contribution < 1.29 is 9.18 Å². The lowest BCUT2D eigenvalue weighted by atomic mass is 10.2. The van der Waals surface area contributed by atoms with Gasteiger partial charge >= 0.3 is 5.69 Å². The van der Waals surface area contributed by atoms with Crippen LogP contribution in [0, 0.1) is 5.82 Å². The van der Waals surface area contributed by atoms with Gasteiger partial charge in [-0.15, -0.1) is 0 Å². The summed E-state index contributed by atoms with van der Waals surface area (Å²) in [5.74, 6) is -0.355. The number of aromatic nitrogens is 3. The number of hydrogen-bond donors (Lipinski definition) is 0. The van der Waals surface area contributed by atoms with E-state index >= 15 is 0 Å². The van der Waals surface area contributed by atoms with Crippen molar-refractivity contribution in [1.29, 1.82) is 0 Å². The van der Waals surface area contributed by atoms with Crippen molar-refractivity contribution >= 4 is 22.6 Å². The van der Waals surface area contributed by atoms with E-state index in [0.717, 1.165) is 4.57 Å². The Balaban J connectivity index is 1.81. The van der Waals surface area contributed by atoms with E-state index in [9.17, 15) is 18.8 Å². The molecule has 1 amide bonds. The zero-order valence-electron chi connectivity index (χ0n) is 16.8. The van der Waals surface area contributed by atoms with Crippen LogP contribution in [-0.2, 0) is 18.4 Å². The normalized spacial score (nSPS) is 14.4. The Morgan fingerprint density at radius 3 is 2.37 bits per heavy atom. The van der Waals surface area contributed by atoms with E-state index in [1.807, 2.05) is 4.90 Å².